The molecule has 3 aromatic rings. The maximum Gasteiger partial charge on any atom is 0.416 e. The van der Waals surface area contributed by atoms with Crippen molar-refractivity contribution >= 4 is 17.5 Å². The number of amides is 2. The van der Waals surface area contributed by atoms with Crippen molar-refractivity contribution in [2.75, 3.05) is 11.9 Å². The number of halogens is 3. The number of aliphatic hydroxyl groups is 1. The minimum Gasteiger partial charge on any atom is -0.395 e. The van der Waals surface area contributed by atoms with E-state index in [1.807, 2.05) is 0 Å². The molecule has 2 heterocycles. The number of carbonyl (C=O) groups is 2. The first-order valence-corrected chi connectivity index (χ1v) is 9.82. The van der Waals surface area contributed by atoms with Gasteiger partial charge in [0.15, 0.2) is 0 Å². The molecule has 0 aliphatic heterocycles. The van der Waals surface area contributed by atoms with Crippen LogP contribution in [0.15, 0.2) is 41.2 Å². The first-order chi connectivity index (χ1) is 16.2. The third-order valence-electron chi connectivity index (χ3n) is 4.37. The minimum atomic E-state index is -4.56. The van der Waals surface area contributed by atoms with E-state index in [9.17, 15) is 22.8 Å². The van der Waals surface area contributed by atoms with Gasteiger partial charge in [-0.25, -0.2) is 9.97 Å². The lowest BCUT2D eigenvalue weighted by atomic mass is 10.1. The summed E-state index contributed by atoms with van der Waals surface area (Å²) in [6, 6.07) is 6.04. The van der Waals surface area contributed by atoms with Crippen molar-refractivity contribution in [3.63, 3.8) is 0 Å². The number of benzene rings is 1. The summed E-state index contributed by atoms with van der Waals surface area (Å²) in [5, 5.41) is 17.3. The number of carbonyl (C=O) groups excluding carboxylic acids is 2. The van der Waals surface area contributed by atoms with Crippen molar-refractivity contribution in [3.05, 3.63) is 70.6 Å². The average Bonchev–Trinajstić information content (AvgIpc) is 3.28. The van der Waals surface area contributed by atoms with Crippen molar-refractivity contribution in [3.8, 4) is 11.8 Å². The number of aromatic nitrogens is 3. The summed E-state index contributed by atoms with van der Waals surface area (Å²) in [6.45, 7) is 1.12. The molecule has 0 spiro atoms. The Hall–Kier alpha value is -4.24. The number of rotatable bonds is 6. The molecule has 0 atom stereocenters. The fraction of sp³-hybridized carbons (Fsp3) is 0.227. The Kier molecular flexibility index (Phi) is 7.60. The van der Waals surface area contributed by atoms with Gasteiger partial charge in [-0.15, -0.1) is 0 Å². The second-order valence-corrected chi connectivity index (χ2v) is 6.91. The van der Waals surface area contributed by atoms with Gasteiger partial charge in [-0.2, -0.15) is 13.2 Å². The molecule has 34 heavy (non-hydrogen) atoms. The molecule has 0 fully saturated rings. The fourth-order valence-electron chi connectivity index (χ4n) is 2.72. The van der Waals surface area contributed by atoms with Crippen molar-refractivity contribution < 1.29 is 32.4 Å². The van der Waals surface area contributed by atoms with Crippen molar-refractivity contribution in [1.29, 1.82) is 0 Å². The molecule has 0 radical (unpaired) electrons. The molecule has 0 saturated heterocycles. The van der Waals surface area contributed by atoms with Crippen LogP contribution in [0.1, 0.15) is 50.0 Å². The van der Waals surface area contributed by atoms with Gasteiger partial charge >= 0.3 is 6.18 Å². The Morgan fingerprint density at radius 1 is 1.15 bits per heavy atom. The predicted octanol–water partition coefficient (Wildman–Crippen LogP) is 2.71. The van der Waals surface area contributed by atoms with Gasteiger partial charge in [0.25, 0.3) is 11.8 Å². The van der Waals surface area contributed by atoms with Crippen LogP contribution in [0.3, 0.4) is 0 Å². The molecule has 0 aliphatic carbocycles. The van der Waals surface area contributed by atoms with Gasteiger partial charge < -0.3 is 20.3 Å². The Bertz CT molecular complexity index is 1260. The number of alkyl halides is 3. The second-order valence-electron chi connectivity index (χ2n) is 6.91. The van der Waals surface area contributed by atoms with Crippen LogP contribution in [0.5, 0.6) is 0 Å². The van der Waals surface area contributed by atoms with Crippen LogP contribution in [0.2, 0.25) is 0 Å². The maximum absolute atomic E-state index is 13.1. The lowest BCUT2D eigenvalue weighted by molar-refractivity contribution is -0.138. The minimum absolute atomic E-state index is 0.0243. The van der Waals surface area contributed by atoms with Gasteiger partial charge in [0.1, 0.15) is 23.4 Å². The number of aryl methyl sites for hydroxylation is 1. The topological polar surface area (TPSA) is 130 Å². The lowest BCUT2D eigenvalue weighted by Gasteiger charge is -2.12. The van der Waals surface area contributed by atoms with Crippen LogP contribution in [0, 0.1) is 18.8 Å². The monoisotopic (exact) mass is 473 g/mol. The molecule has 9 nitrogen and oxygen atoms in total. The van der Waals surface area contributed by atoms with Crippen LogP contribution in [0.25, 0.3) is 0 Å². The smallest absolute Gasteiger partial charge is 0.395 e. The SMILES string of the molecule is Cc1ccc(NC(=O)c2cc(CNC(=O)c3cc(C#CCCO)ncn3)no2)cc1C(F)(F)F. The van der Waals surface area contributed by atoms with E-state index in [0.717, 1.165) is 6.07 Å². The van der Waals surface area contributed by atoms with Gasteiger partial charge in [-0.3, -0.25) is 9.59 Å². The van der Waals surface area contributed by atoms with E-state index in [2.05, 4.69) is 37.6 Å². The molecular formula is C22H18F3N5O4. The molecule has 1 aromatic carbocycles. The fourth-order valence-corrected chi connectivity index (χ4v) is 2.72. The first kappa shape index (κ1) is 24.4. The number of anilines is 1. The van der Waals surface area contributed by atoms with E-state index in [1.165, 1.54) is 37.5 Å². The highest BCUT2D eigenvalue weighted by atomic mass is 19.4. The van der Waals surface area contributed by atoms with E-state index in [0.29, 0.717) is 5.69 Å². The molecule has 3 N–H and O–H groups in total. The molecule has 3 rings (SSSR count). The van der Waals surface area contributed by atoms with E-state index in [4.69, 9.17) is 9.63 Å². The molecular weight excluding hydrogens is 455 g/mol. The van der Waals surface area contributed by atoms with Crippen LogP contribution < -0.4 is 10.6 Å². The van der Waals surface area contributed by atoms with E-state index in [1.54, 1.807) is 0 Å². The summed E-state index contributed by atoms with van der Waals surface area (Å²) in [4.78, 5) is 32.4. The Balaban J connectivity index is 1.61. The summed E-state index contributed by atoms with van der Waals surface area (Å²) in [5.74, 6) is 3.77. The Morgan fingerprint density at radius 2 is 1.94 bits per heavy atom. The molecule has 176 valence electrons. The number of hydrogen-bond acceptors (Lipinski definition) is 7. The van der Waals surface area contributed by atoms with Crippen LogP contribution in [-0.2, 0) is 12.7 Å². The van der Waals surface area contributed by atoms with Gasteiger partial charge in [0.2, 0.25) is 5.76 Å². The highest BCUT2D eigenvalue weighted by Gasteiger charge is 2.32. The average molecular weight is 473 g/mol. The zero-order valence-electron chi connectivity index (χ0n) is 17.7. The lowest BCUT2D eigenvalue weighted by Crippen LogP contribution is -2.24. The van der Waals surface area contributed by atoms with Gasteiger partial charge in [0.05, 0.1) is 18.7 Å². The molecule has 0 aliphatic rings. The second kappa shape index (κ2) is 10.6. The van der Waals surface area contributed by atoms with Crippen LogP contribution >= 0.6 is 0 Å². The van der Waals surface area contributed by atoms with E-state index >= 15 is 0 Å². The number of aliphatic hydroxyl groups excluding tert-OH is 1. The highest BCUT2D eigenvalue weighted by Crippen LogP contribution is 2.33. The Morgan fingerprint density at radius 3 is 2.68 bits per heavy atom. The molecule has 0 saturated carbocycles. The maximum atomic E-state index is 13.1. The zero-order valence-corrected chi connectivity index (χ0v) is 17.7. The largest absolute Gasteiger partial charge is 0.416 e. The normalized spacial score (nSPS) is 10.9. The van der Waals surface area contributed by atoms with Gasteiger partial charge in [-0.1, -0.05) is 17.1 Å². The number of nitrogens with zero attached hydrogens (tertiary/aromatic N) is 3. The molecule has 0 bridgehead atoms. The third kappa shape index (κ3) is 6.39. The molecule has 12 heteroatoms. The summed E-state index contributed by atoms with van der Waals surface area (Å²) < 4.78 is 44.1. The van der Waals surface area contributed by atoms with Crippen molar-refractivity contribution in [2.24, 2.45) is 0 Å². The van der Waals surface area contributed by atoms with Gasteiger partial charge in [-0.05, 0) is 30.5 Å². The number of nitrogens with one attached hydrogen (secondary N) is 2. The van der Waals surface area contributed by atoms with E-state index < -0.39 is 23.6 Å². The number of hydrogen-bond donors (Lipinski definition) is 3. The highest BCUT2D eigenvalue weighted by molar-refractivity contribution is 6.02. The van der Waals surface area contributed by atoms with Crippen molar-refractivity contribution in [2.45, 2.75) is 26.1 Å². The summed E-state index contributed by atoms with van der Waals surface area (Å²) in [6.07, 6.45) is -3.12. The summed E-state index contributed by atoms with van der Waals surface area (Å²) in [7, 11) is 0. The molecule has 0 unspecified atom stereocenters. The van der Waals surface area contributed by atoms with E-state index in [-0.39, 0.29) is 48.0 Å². The summed E-state index contributed by atoms with van der Waals surface area (Å²) >= 11 is 0. The molecule has 2 amide bonds. The molecule has 2 aromatic heterocycles. The van der Waals surface area contributed by atoms with Gasteiger partial charge in [0, 0.05) is 24.2 Å². The van der Waals surface area contributed by atoms with Crippen molar-refractivity contribution in [1.82, 2.24) is 20.4 Å². The zero-order chi connectivity index (χ0) is 24.7. The Labute approximate surface area is 191 Å². The predicted molar refractivity (Wildman–Crippen MR) is 112 cm³/mol. The standard InChI is InChI=1S/C22H18F3N5O4/c1-13-5-6-15(8-17(13)22(23,24)25)29-21(33)19-10-16(30-34-19)11-26-20(32)18-9-14(27-12-28-18)4-2-3-7-31/h5-6,8-10,12,31H,3,7,11H2,1H3,(H,26,32)(H,29,33). The first-order valence-electron chi connectivity index (χ1n) is 9.82. The third-order valence-corrected chi connectivity index (χ3v) is 4.37. The summed E-state index contributed by atoms with van der Waals surface area (Å²) in [5.41, 5.74) is -0.343. The quantitative estimate of drug-likeness (QED) is 0.469. The van der Waals surface area contributed by atoms with Crippen LogP contribution in [-0.4, -0.2) is 38.7 Å². The van der Waals surface area contributed by atoms with Crippen LogP contribution in [0.4, 0.5) is 18.9 Å².